The first-order valence-corrected chi connectivity index (χ1v) is 4.83. The molecule has 0 spiro atoms. The molecule has 0 bridgehead atoms. The zero-order valence-electron chi connectivity index (χ0n) is 8.45. The Labute approximate surface area is 92.0 Å². The topological polar surface area (TPSA) is 24.9 Å². The van der Waals surface area contributed by atoms with Crippen LogP contribution in [0.1, 0.15) is 5.56 Å². The van der Waals surface area contributed by atoms with E-state index in [1.165, 1.54) is 0 Å². The minimum atomic E-state index is -0.467. The molecule has 1 aromatic carbocycles. The summed E-state index contributed by atoms with van der Waals surface area (Å²) in [4.78, 5) is 3.93. The second kappa shape index (κ2) is 4.70. The maximum absolute atomic E-state index is 13.2. The normalized spacial score (nSPS) is 10.1. The van der Waals surface area contributed by atoms with Crippen LogP contribution in [0, 0.1) is 11.6 Å². The van der Waals surface area contributed by atoms with E-state index in [0.717, 1.165) is 23.8 Å². The van der Waals surface area contributed by atoms with Crippen molar-refractivity contribution in [1.29, 1.82) is 0 Å². The lowest BCUT2D eigenvalue weighted by Gasteiger charge is -2.07. The van der Waals surface area contributed by atoms with Crippen molar-refractivity contribution in [3.63, 3.8) is 0 Å². The lowest BCUT2D eigenvalue weighted by Crippen LogP contribution is -2.02. The van der Waals surface area contributed by atoms with Gasteiger partial charge in [-0.05, 0) is 29.8 Å². The molecular weight excluding hydrogens is 210 g/mol. The van der Waals surface area contributed by atoms with E-state index in [1.807, 2.05) is 6.07 Å². The summed E-state index contributed by atoms with van der Waals surface area (Å²) in [6, 6.07) is 6.97. The monoisotopic (exact) mass is 220 g/mol. The van der Waals surface area contributed by atoms with Crippen LogP contribution in [-0.2, 0) is 6.54 Å². The third-order valence-corrected chi connectivity index (χ3v) is 2.13. The van der Waals surface area contributed by atoms with Crippen LogP contribution in [0.3, 0.4) is 0 Å². The molecule has 0 saturated heterocycles. The maximum Gasteiger partial charge on any atom is 0.146 e. The third kappa shape index (κ3) is 2.53. The van der Waals surface area contributed by atoms with Crippen molar-refractivity contribution in [1.82, 2.24) is 4.98 Å². The Hall–Kier alpha value is -1.97. The Morgan fingerprint density at radius 3 is 2.81 bits per heavy atom. The van der Waals surface area contributed by atoms with Gasteiger partial charge in [0.1, 0.15) is 11.6 Å². The molecule has 0 aliphatic heterocycles. The minimum absolute atomic E-state index is 0.156. The lowest BCUT2D eigenvalue weighted by molar-refractivity contribution is 0.602. The highest BCUT2D eigenvalue weighted by Crippen LogP contribution is 2.15. The number of halogens is 2. The highest BCUT2D eigenvalue weighted by molar-refractivity contribution is 5.45. The number of anilines is 1. The van der Waals surface area contributed by atoms with Crippen molar-refractivity contribution in [2.45, 2.75) is 6.54 Å². The lowest BCUT2D eigenvalue weighted by atomic mass is 10.2. The molecule has 82 valence electrons. The maximum atomic E-state index is 13.2. The number of benzene rings is 1. The van der Waals surface area contributed by atoms with Gasteiger partial charge in [0.15, 0.2) is 0 Å². The van der Waals surface area contributed by atoms with E-state index in [9.17, 15) is 8.78 Å². The van der Waals surface area contributed by atoms with Crippen LogP contribution in [0.5, 0.6) is 0 Å². The standard InChI is InChI=1S/C12H10F2N2/c13-10-3-4-11(14)12(6-10)16-8-9-2-1-5-15-7-9/h1-7,16H,8H2. The highest BCUT2D eigenvalue weighted by atomic mass is 19.1. The van der Waals surface area contributed by atoms with Crippen LogP contribution in [0.15, 0.2) is 42.7 Å². The van der Waals surface area contributed by atoms with Crippen molar-refractivity contribution < 1.29 is 8.78 Å². The zero-order valence-corrected chi connectivity index (χ0v) is 8.45. The van der Waals surface area contributed by atoms with Gasteiger partial charge in [-0.25, -0.2) is 8.78 Å². The summed E-state index contributed by atoms with van der Waals surface area (Å²) in [6.07, 6.45) is 3.33. The summed E-state index contributed by atoms with van der Waals surface area (Å²) in [5, 5.41) is 2.82. The Kier molecular flexibility index (Phi) is 3.10. The Morgan fingerprint density at radius 1 is 1.19 bits per heavy atom. The van der Waals surface area contributed by atoms with E-state index in [0.29, 0.717) is 6.54 Å². The predicted molar refractivity (Wildman–Crippen MR) is 57.9 cm³/mol. The smallest absolute Gasteiger partial charge is 0.146 e. The molecule has 2 rings (SSSR count). The number of aromatic nitrogens is 1. The van der Waals surface area contributed by atoms with Crippen LogP contribution in [0.4, 0.5) is 14.5 Å². The van der Waals surface area contributed by atoms with E-state index < -0.39 is 11.6 Å². The molecule has 16 heavy (non-hydrogen) atoms. The van der Waals surface area contributed by atoms with E-state index in [-0.39, 0.29) is 5.69 Å². The predicted octanol–water partition coefficient (Wildman–Crippen LogP) is 2.97. The van der Waals surface area contributed by atoms with Gasteiger partial charge in [-0.1, -0.05) is 6.07 Å². The summed E-state index contributed by atoms with van der Waals surface area (Å²) in [7, 11) is 0. The summed E-state index contributed by atoms with van der Waals surface area (Å²) in [5.74, 6) is -0.930. The average Bonchev–Trinajstić information content (AvgIpc) is 2.32. The molecule has 0 atom stereocenters. The molecule has 0 aliphatic rings. The Morgan fingerprint density at radius 2 is 2.06 bits per heavy atom. The van der Waals surface area contributed by atoms with Crippen molar-refractivity contribution in [3.8, 4) is 0 Å². The molecule has 0 unspecified atom stereocenters. The van der Waals surface area contributed by atoms with E-state index in [2.05, 4.69) is 10.3 Å². The van der Waals surface area contributed by atoms with Crippen molar-refractivity contribution in [3.05, 3.63) is 59.9 Å². The second-order valence-corrected chi connectivity index (χ2v) is 3.34. The number of pyridine rings is 1. The molecule has 0 fully saturated rings. The quantitative estimate of drug-likeness (QED) is 0.860. The number of hydrogen-bond acceptors (Lipinski definition) is 2. The van der Waals surface area contributed by atoms with Gasteiger partial charge in [0, 0.05) is 18.9 Å². The van der Waals surface area contributed by atoms with Crippen LogP contribution in [0.25, 0.3) is 0 Å². The molecule has 1 aromatic heterocycles. The minimum Gasteiger partial charge on any atom is -0.378 e. The number of hydrogen-bond donors (Lipinski definition) is 1. The van der Waals surface area contributed by atoms with E-state index >= 15 is 0 Å². The summed E-state index contributed by atoms with van der Waals surface area (Å²) < 4.78 is 26.1. The average molecular weight is 220 g/mol. The molecule has 0 saturated carbocycles. The summed E-state index contributed by atoms with van der Waals surface area (Å²) >= 11 is 0. The van der Waals surface area contributed by atoms with Gasteiger partial charge in [-0.3, -0.25) is 4.98 Å². The molecule has 2 aromatic rings. The number of rotatable bonds is 3. The van der Waals surface area contributed by atoms with E-state index in [1.54, 1.807) is 18.5 Å². The van der Waals surface area contributed by atoms with Crippen LogP contribution >= 0.6 is 0 Å². The van der Waals surface area contributed by atoms with Gasteiger partial charge in [0.2, 0.25) is 0 Å². The summed E-state index contributed by atoms with van der Waals surface area (Å²) in [5.41, 5.74) is 1.06. The Bertz CT molecular complexity index is 472. The molecule has 0 radical (unpaired) electrons. The third-order valence-electron chi connectivity index (χ3n) is 2.13. The van der Waals surface area contributed by atoms with Gasteiger partial charge >= 0.3 is 0 Å². The molecule has 2 nitrogen and oxygen atoms in total. The first kappa shape index (κ1) is 10.5. The molecule has 1 N–H and O–H groups in total. The van der Waals surface area contributed by atoms with Gasteiger partial charge in [-0.2, -0.15) is 0 Å². The SMILES string of the molecule is Fc1ccc(F)c(NCc2cccnc2)c1. The van der Waals surface area contributed by atoms with Crippen molar-refractivity contribution in [2.24, 2.45) is 0 Å². The zero-order chi connectivity index (χ0) is 11.4. The first-order chi connectivity index (χ1) is 7.75. The second-order valence-electron chi connectivity index (χ2n) is 3.34. The fourth-order valence-electron chi connectivity index (χ4n) is 1.33. The van der Waals surface area contributed by atoms with Gasteiger partial charge in [0.05, 0.1) is 5.69 Å². The van der Waals surface area contributed by atoms with Crippen LogP contribution in [0.2, 0.25) is 0 Å². The van der Waals surface area contributed by atoms with Crippen LogP contribution in [-0.4, -0.2) is 4.98 Å². The van der Waals surface area contributed by atoms with Gasteiger partial charge < -0.3 is 5.32 Å². The highest BCUT2D eigenvalue weighted by Gasteiger charge is 2.02. The molecule has 4 heteroatoms. The number of nitrogens with one attached hydrogen (secondary N) is 1. The molecule has 1 heterocycles. The van der Waals surface area contributed by atoms with Crippen molar-refractivity contribution >= 4 is 5.69 Å². The van der Waals surface area contributed by atoms with Crippen molar-refractivity contribution in [2.75, 3.05) is 5.32 Å². The Balaban J connectivity index is 2.08. The van der Waals surface area contributed by atoms with Crippen LogP contribution < -0.4 is 5.32 Å². The van der Waals surface area contributed by atoms with Gasteiger partial charge in [-0.15, -0.1) is 0 Å². The fraction of sp³-hybridized carbons (Fsp3) is 0.0833. The summed E-state index contributed by atoms with van der Waals surface area (Å²) in [6.45, 7) is 0.411. The number of nitrogens with zero attached hydrogens (tertiary/aromatic N) is 1. The fourth-order valence-corrected chi connectivity index (χ4v) is 1.33. The first-order valence-electron chi connectivity index (χ1n) is 4.83. The van der Waals surface area contributed by atoms with E-state index in [4.69, 9.17) is 0 Å². The largest absolute Gasteiger partial charge is 0.378 e. The molecule has 0 amide bonds. The molecular formula is C12H10F2N2. The van der Waals surface area contributed by atoms with Gasteiger partial charge in [0.25, 0.3) is 0 Å². The molecule has 0 aliphatic carbocycles.